The molecule has 2 unspecified atom stereocenters. The van der Waals surface area contributed by atoms with Gasteiger partial charge in [0.15, 0.2) is 0 Å². The normalized spacial score (nSPS) is 21.8. The summed E-state index contributed by atoms with van der Waals surface area (Å²) in [7, 11) is -1.71. The van der Waals surface area contributed by atoms with Crippen molar-refractivity contribution in [2.75, 3.05) is 18.6 Å². The van der Waals surface area contributed by atoms with E-state index in [2.05, 4.69) is 0 Å². The van der Waals surface area contributed by atoms with E-state index in [4.69, 9.17) is 5.73 Å². The van der Waals surface area contributed by atoms with Crippen molar-refractivity contribution in [3.05, 3.63) is 29.8 Å². The first-order valence-corrected chi connectivity index (χ1v) is 8.93. The standard InChI is InChI=1S/C13H20N2O2S2/c1-10(14)11-3-5-13(6-4-11)19(16,17)15(2)12-7-8-18-9-12/h3-6,10,12H,7-9,14H2,1-2H3. The monoisotopic (exact) mass is 300 g/mol. The van der Waals surface area contributed by atoms with E-state index in [1.807, 2.05) is 6.92 Å². The van der Waals surface area contributed by atoms with E-state index in [0.717, 1.165) is 23.5 Å². The number of benzene rings is 1. The van der Waals surface area contributed by atoms with Crippen molar-refractivity contribution in [1.82, 2.24) is 4.31 Å². The Labute approximate surface area is 119 Å². The van der Waals surface area contributed by atoms with Gasteiger partial charge < -0.3 is 5.73 Å². The molecule has 0 spiro atoms. The number of rotatable bonds is 4. The second kappa shape index (κ2) is 5.83. The van der Waals surface area contributed by atoms with Crippen molar-refractivity contribution in [2.24, 2.45) is 5.73 Å². The fourth-order valence-electron chi connectivity index (χ4n) is 2.11. The molecule has 2 rings (SSSR count). The van der Waals surface area contributed by atoms with Crippen molar-refractivity contribution in [3.8, 4) is 0 Å². The predicted octanol–water partition coefficient (Wildman–Crippen LogP) is 1.83. The molecule has 1 heterocycles. The van der Waals surface area contributed by atoms with Crippen molar-refractivity contribution < 1.29 is 8.42 Å². The number of nitrogens with two attached hydrogens (primary N) is 1. The molecule has 2 atom stereocenters. The molecule has 0 aliphatic carbocycles. The predicted molar refractivity (Wildman–Crippen MR) is 79.7 cm³/mol. The fourth-order valence-corrected chi connectivity index (χ4v) is 4.86. The van der Waals surface area contributed by atoms with E-state index >= 15 is 0 Å². The minimum atomic E-state index is -3.39. The lowest BCUT2D eigenvalue weighted by Crippen LogP contribution is -2.36. The summed E-state index contributed by atoms with van der Waals surface area (Å²) in [4.78, 5) is 0.344. The van der Waals surface area contributed by atoms with Gasteiger partial charge >= 0.3 is 0 Å². The topological polar surface area (TPSA) is 63.4 Å². The van der Waals surface area contributed by atoms with Crippen molar-refractivity contribution >= 4 is 21.8 Å². The molecule has 1 saturated heterocycles. The Hall–Kier alpha value is -0.560. The van der Waals surface area contributed by atoms with Crippen molar-refractivity contribution in [1.29, 1.82) is 0 Å². The van der Waals surface area contributed by atoms with Gasteiger partial charge in [0, 0.05) is 24.9 Å². The summed E-state index contributed by atoms with van der Waals surface area (Å²) in [5.74, 6) is 1.92. The highest BCUT2D eigenvalue weighted by atomic mass is 32.2. The van der Waals surface area contributed by atoms with Gasteiger partial charge in [0.05, 0.1) is 4.90 Å². The number of hydrogen-bond acceptors (Lipinski definition) is 4. The molecule has 106 valence electrons. The maximum absolute atomic E-state index is 12.5. The number of nitrogens with zero attached hydrogens (tertiary/aromatic N) is 1. The quantitative estimate of drug-likeness (QED) is 0.921. The van der Waals surface area contributed by atoms with Gasteiger partial charge in [-0.15, -0.1) is 0 Å². The van der Waals surface area contributed by atoms with Gasteiger partial charge in [-0.25, -0.2) is 8.42 Å². The molecule has 1 aromatic carbocycles. The first-order chi connectivity index (χ1) is 8.93. The Morgan fingerprint density at radius 2 is 2.00 bits per heavy atom. The molecule has 0 amide bonds. The molecule has 2 N–H and O–H groups in total. The van der Waals surface area contributed by atoms with Gasteiger partial charge in [-0.2, -0.15) is 16.1 Å². The van der Waals surface area contributed by atoms with Crippen LogP contribution in [0.5, 0.6) is 0 Å². The molecule has 1 fully saturated rings. The summed E-state index contributed by atoms with van der Waals surface area (Å²) in [6.07, 6.45) is 0.929. The second-order valence-corrected chi connectivity index (χ2v) is 8.04. The molecule has 0 radical (unpaired) electrons. The highest BCUT2D eigenvalue weighted by Crippen LogP contribution is 2.26. The van der Waals surface area contributed by atoms with Gasteiger partial charge in [-0.3, -0.25) is 0 Å². The van der Waals surface area contributed by atoms with Crippen LogP contribution in [0, 0.1) is 0 Å². The zero-order valence-electron chi connectivity index (χ0n) is 11.2. The zero-order valence-corrected chi connectivity index (χ0v) is 12.9. The molecule has 0 saturated carbocycles. The van der Waals surface area contributed by atoms with Crippen LogP contribution in [-0.2, 0) is 10.0 Å². The van der Waals surface area contributed by atoms with Crippen LogP contribution >= 0.6 is 11.8 Å². The summed E-state index contributed by atoms with van der Waals surface area (Å²) in [5.41, 5.74) is 6.71. The Morgan fingerprint density at radius 1 is 1.37 bits per heavy atom. The van der Waals surface area contributed by atoms with Crippen molar-refractivity contribution in [3.63, 3.8) is 0 Å². The molecular weight excluding hydrogens is 280 g/mol. The smallest absolute Gasteiger partial charge is 0.243 e. The fraction of sp³-hybridized carbons (Fsp3) is 0.538. The molecule has 4 nitrogen and oxygen atoms in total. The molecule has 1 aliphatic rings. The van der Waals surface area contributed by atoms with E-state index in [1.165, 1.54) is 4.31 Å². The molecule has 1 aromatic rings. The molecule has 19 heavy (non-hydrogen) atoms. The van der Waals surface area contributed by atoms with E-state index < -0.39 is 10.0 Å². The highest BCUT2D eigenvalue weighted by Gasteiger charge is 2.30. The van der Waals surface area contributed by atoms with Crippen LogP contribution in [0.15, 0.2) is 29.2 Å². The van der Waals surface area contributed by atoms with Gasteiger partial charge in [0.1, 0.15) is 0 Å². The third-order valence-electron chi connectivity index (χ3n) is 3.50. The van der Waals surface area contributed by atoms with Gasteiger partial charge in [-0.1, -0.05) is 12.1 Å². The van der Waals surface area contributed by atoms with Crippen LogP contribution in [-0.4, -0.2) is 37.3 Å². The van der Waals surface area contributed by atoms with E-state index in [1.54, 1.807) is 43.1 Å². The van der Waals surface area contributed by atoms with E-state index in [0.29, 0.717) is 4.90 Å². The number of hydrogen-bond donors (Lipinski definition) is 1. The molecule has 0 bridgehead atoms. The lowest BCUT2D eigenvalue weighted by molar-refractivity contribution is 0.394. The molecule has 1 aliphatic heterocycles. The second-order valence-electron chi connectivity index (χ2n) is 4.90. The van der Waals surface area contributed by atoms with Crippen LogP contribution in [0.25, 0.3) is 0 Å². The zero-order chi connectivity index (χ0) is 14.0. The lowest BCUT2D eigenvalue weighted by Gasteiger charge is -2.23. The number of sulfonamides is 1. The van der Waals surface area contributed by atoms with Crippen LogP contribution in [0.3, 0.4) is 0 Å². The summed E-state index contributed by atoms with van der Waals surface area (Å²) >= 11 is 1.81. The third kappa shape index (κ3) is 3.13. The van der Waals surface area contributed by atoms with Crippen LogP contribution in [0.1, 0.15) is 24.9 Å². The molecule has 6 heteroatoms. The SMILES string of the molecule is CC(N)c1ccc(S(=O)(=O)N(C)C2CCSC2)cc1. The summed E-state index contributed by atoms with van der Waals surface area (Å²) in [6.45, 7) is 1.88. The Balaban J connectivity index is 2.23. The van der Waals surface area contributed by atoms with Gasteiger partial charge in [-0.05, 0) is 36.8 Å². The average Bonchev–Trinajstić information content (AvgIpc) is 2.91. The van der Waals surface area contributed by atoms with Crippen LogP contribution in [0.2, 0.25) is 0 Å². The molecular formula is C13H20N2O2S2. The third-order valence-corrected chi connectivity index (χ3v) is 6.57. The first kappa shape index (κ1) is 14.8. The van der Waals surface area contributed by atoms with Gasteiger partial charge in [0.25, 0.3) is 0 Å². The molecule has 0 aromatic heterocycles. The minimum Gasteiger partial charge on any atom is -0.324 e. The Morgan fingerprint density at radius 3 is 2.47 bits per heavy atom. The Kier molecular flexibility index (Phi) is 4.55. The minimum absolute atomic E-state index is 0.0827. The number of thioether (sulfide) groups is 1. The van der Waals surface area contributed by atoms with E-state index in [-0.39, 0.29) is 12.1 Å². The van der Waals surface area contributed by atoms with Gasteiger partial charge in [0.2, 0.25) is 10.0 Å². The Bertz CT molecular complexity index is 520. The summed E-state index contributed by atoms with van der Waals surface area (Å²) in [5, 5.41) is 0. The van der Waals surface area contributed by atoms with Crippen LogP contribution in [0.4, 0.5) is 0 Å². The first-order valence-electron chi connectivity index (χ1n) is 6.34. The van der Waals surface area contributed by atoms with Crippen molar-refractivity contribution in [2.45, 2.75) is 30.3 Å². The van der Waals surface area contributed by atoms with E-state index in [9.17, 15) is 8.42 Å². The largest absolute Gasteiger partial charge is 0.324 e. The lowest BCUT2D eigenvalue weighted by atomic mass is 10.1. The summed E-state index contributed by atoms with van der Waals surface area (Å²) in [6, 6.07) is 6.90. The summed E-state index contributed by atoms with van der Waals surface area (Å²) < 4.78 is 26.5. The highest BCUT2D eigenvalue weighted by molar-refractivity contribution is 7.99. The maximum atomic E-state index is 12.5. The average molecular weight is 300 g/mol. The van der Waals surface area contributed by atoms with Crippen LogP contribution < -0.4 is 5.73 Å². The maximum Gasteiger partial charge on any atom is 0.243 e.